The molecule has 0 aliphatic heterocycles. The van der Waals surface area contributed by atoms with Crippen molar-refractivity contribution in [2.24, 2.45) is 5.92 Å². The average molecular weight is 205 g/mol. The second-order valence-corrected chi connectivity index (χ2v) is 5.02. The molecule has 2 atom stereocenters. The summed E-state index contributed by atoms with van der Waals surface area (Å²) < 4.78 is 30.6. The Hall–Kier alpha value is -0.390. The molecule has 0 spiro atoms. The van der Waals surface area contributed by atoms with E-state index in [1.807, 2.05) is 6.92 Å². The average Bonchev–Trinajstić information content (AvgIpc) is 2.01. The molecule has 0 radical (unpaired) electrons. The number of likely N-dealkylation sites (N-methyl/N-ethyl adjacent to an activating group) is 1. The minimum Gasteiger partial charge on any atom is -0.313 e. The van der Waals surface area contributed by atoms with Crippen molar-refractivity contribution in [1.82, 2.24) is 5.32 Å². The summed E-state index contributed by atoms with van der Waals surface area (Å²) in [4.78, 5) is 0.144. The summed E-state index contributed by atoms with van der Waals surface area (Å²) in [6.45, 7) is 1.97. The monoisotopic (exact) mass is 205 g/mol. The van der Waals surface area contributed by atoms with Crippen molar-refractivity contribution in [3.63, 3.8) is 0 Å². The molecule has 0 aromatic carbocycles. The van der Waals surface area contributed by atoms with Gasteiger partial charge in [0.1, 0.15) is 0 Å². The van der Waals surface area contributed by atoms with Crippen molar-refractivity contribution < 1.29 is 13.0 Å². The molecule has 0 bridgehead atoms. The fourth-order valence-corrected chi connectivity index (χ4v) is 2.44. The van der Waals surface area contributed by atoms with Crippen LogP contribution in [0.25, 0.3) is 0 Å². The standard InChI is InChI=1S/C8H15NO3S/c1-6-3-7(9-2)5-8(4-6)13(10,11)12/h5-7,9H,3-4H2,1-2H3,(H,10,11,12). The zero-order valence-corrected chi connectivity index (χ0v) is 8.63. The molecule has 5 heteroatoms. The van der Waals surface area contributed by atoms with Gasteiger partial charge in [-0.05, 0) is 25.8 Å². The van der Waals surface area contributed by atoms with Crippen molar-refractivity contribution in [1.29, 1.82) is 0 Å². The molecule has 1 rings (SSSR count). The van der Waals surface area contributed by atoms with Crippen molar-refractivity contribution in [2.75, 3.05) is 7.05 Å². The van der Waals surface area contributed by atoms with Crippen LogP contribution in [0.5, 0.6) is 0 Å². The molecule has 13 heavy (non-hydrogen) atoms. The van der Waals surface area contributed by atoms with Crippen LogP contribution in [0, 0.1) is 5.92 Å². The molecule has 1 aliphatic rings. The van der Waals surface area contributed by atoms with Gasteiger partial charge in [0.25, 0.3) is 10.1 Å². The topological polar surface area (TPSA) is 66.4 Å². The van der Waals surface area contributed by atoms with Crippen molar-refractivity contribution in [3.05, 3.63) is 11.0 Å². The van der Waals surface area contributed by atoms with Crippen LogP contribution in [0.3, 0.4) is 0 Å². The number of hydrogen-bond donors (Lipinski definition) is 2. The number of rotatable bonds is 2. The Bertz CT molecular complexity index is 307. The molecule has 0 saturated carbocycles. The molecule has 0 aromatic rings. The molecular formula is C8H15NO3S. The summed E-state index contributed by atoms with van der Waals surface area (Å²) in [5.41, 5.74) is 0. The zero-order valence-electron chi connectivity index (χ0n) is 7.82. The molecule has 76 valence electrons. The van der Waals surface area contributed by atoms with Crippen LogP contribution in [-0.2, 0) is 10.1 Å². The van der Waals surface area contributed by atoms with Crippen molar-refractivity contribution in [2.45, 2.75) is 25.8 Å². The van der Waals surface area contributed by atoms with Gasteiger partial charge in [0, 0.05) is 6.04 Å². The van der Waals surface area contributed by atoms with Crippen LogP contribution in [0.1, 0.15) is 19.8 Å². The first-order chi connectivity index (χ1) is 5.93. The van der Waals surface area contributed by atoms with Gasteiger partial charge in [0.15, 0.2) is 0 Å². The Kier molecular flexibility index (Phi) is 3.10. The van der Waals surface area contributed by atoms with Gasteiger partial charge in [-0.2, -0.15) is 8.42 Å². The highest BCUT2D eigenvalue weighted by atomic mass is 32.2. The minimum absolute atomic E-state index is 0.0562. The summed E-state index contributed by atoms with van der Waals surface area (Å²) in [5, 5.41) is 2.98. The van der Waals surface area contributed by atoms with E-state index in [2.05, 4.69) is 5.32 Å². The molecule has 0 heterocycles. The maximum absolute atomic E-state index is 10.9. The normalized spacial score (nSPS) is 29.9. The summed E-state index contributed by atoms with van der Waals surface area (Å²) >= 11 is 0. The Morgan fingerprint density at radius 1 is 1.62 bits per heavy atom. The Balaban J connectivity index is 2.91. The third-order valence-electron chi connectivity index (χ3n) is 2.30. The molecule has 2 unspecified atom stereocenters. The van der Waals surface area contributed by atoms with Crippen LogP contribution < -0.4 is 5.32 Å². The number of hydrogen-bond acceptors (Lipinski definition) is 3. The molecule has 0 amide bonds. The van der Waals surface area contributed by atoms with Gasteiger partial charge in [0.05, 0.1) is 4.91 Å². The van der Waals surface area contributed by atoms with Gasteiger partial charge in [-0.3, -0.25) is 4.55 Å². The Morgan fingerprint density at radius 2 is 2.23 bits per heavy atom. The molecule has 0 fully saturated rings. The lowest BCUT2D eigenvalue weighted by Crippen LogP contribution is -2.30. The lowest BCUT2D eigenvalue weighted by Gasteiger charge is -2.24. The van der Waals surface area contributed by atoms with Gasteiger partial charge in [0.2, 0.25) is 0 Å². The quantitative estimate of drug-likeness (QED) is 0.654. The first-order valence-electron chi connectivity index (χ1n) is 4.29. The highest BCUT2D eigenvalue weighted by molar-refractivity contribution is 7.89. The highest BCUT2D eigenvalue weighted by Crippen LogP contribution is 2.26. The maximum atomic E-state index is 10.9. The highest BCUT2D eigenvalue weighted by Gasteiger charge is 2.24. The zero-order chi connectivity index (χ0) is 10.1. The predicted octanol–water partition coefficient (Wildman–Crippen LogP) is 0.776. The largest absolute Gasteiger partial charge is 0.313 e. The van der Waals surface area contributed by atoms with E-state index in [9.17, 15) is 8.42 Å². The van der Waals surface area contributed by atoms with Crippen LogP contribution >= 0.6 is 0 Å². The van der Waals surface area contributed by atoms with Crippen molar-refractivity contribution >= 4 is 10.1 Å². The second-order valence-electron chi connectivity index (χ2n) is 3.55. The maximum Gasteiger partial charge on any atom is 0.290 e. The first kappa shape index (κ1) is 10.7. The minimum atomic E-state index is -3.98. The Labute approximate surface area is 78.8 Å². The lowest BCUT2D eigenvalue weighted by molar-refractivity contribution is 0.432. The first-order valence-corrected chi connectivity index (χ1v) is 5.73. The molecular weight excluding hydrogens is 190 g/mol. The molecule has 0 aromatic heterocycles. The molecule has 0 saturated heterocycles. The SMILES string of the molecule is CNC1C=C(S(=O)(=O)O)CC(C)C1. The molecule has 4 nitrogen and oxygen atoms in total. The Morgan fingerprint density at radius 3 is 2.69 bits per heavy atom. The number of nitrogens with one attached hydrogen (secondary N) is 1. The molecule has 2 N–H and O–H groups in total. The fourth-order valence-electron chi connectivity index (χ4n) is 1.61. The van der Waals surface area contributed by atoms with Gasteiger partial charge >= 0.3 is 0 Å². The number of allylic oxidation sites excluding steroid dienone is 1. The van der Waals surface area contributed by atoms with E-state index in [4.69, 9.17) is 4.55 Å². The van der Waals surface area contributed by atoms with Crippen LogP contribution in [0.2, 0.25) is 0 Å². The smallest absolute Gasteiger partial charge is 0.290 e. The van der Waals surface area contributed by atoms with Crippen LogP contribution in [-0.4, -0.2) is 26.1 Å². The predicted molar refractivity (Wildman–Crippen MR) is 50.9 cm³/mol. The summed E-state index contributed by atoms with van der Waals surface area (Å²) in [5.74, 6) is 0.291. The summed E-state index contributed by atoms with van der Waals surface area (Å²) in [6.07, 6.45) is 2.95. The third-order valence-corrected chi connectivity index (χ3v) is 3.26. The lowest BCUT2D eigenvalue weighted by atomic mass is 9.93. The summed E-state index contributed by atoms with van der Waals surface area (Å²) in [6, 6.07) is 0.0562. The van der Waals surface area contributed by atoms with Crippen molar-refractivity contribution in [3.8, 4) is 0 Å². The van der Waals surface area contributed by atoms with E-state index in [1.165, 1.54) is 0 Å². The molecule has 1 aliphatic carbocycles. The van der Waals surface area contributed by atoms with Gasteiger partial charge in [-0.1, -0.05) is 13.0 Å². The van der Waals surface area contributed by atoms with E-state index in [1.54, 1.807) is 13.1 Å². The third kappa shape index (κ3) is 2.79. The van der Waals surface area contributed by atoms with Gasteiger partial charge in [-0.15, -0.1) is 0 Å². The fraction of sp³-hybridized carbons (Fsp3) is 0.750. The van der Waals surface area contributed by atoms with E-state index >= 15 is 0 Å². The van der Waals surface area contributed by atoms with Gasteiger partial charge < -0.3 is 5.32 Å². The van der Waals surface area contributed by atoms with E-state index in [0.29, 0.717) is 12.3 Å². The van der Waals surface area contributed by atoms with E-state index < -0.39 is 10.1 Å². The van der Waals surface area contributed by atoms with Crippen LogP contribution in [0.4, 0.5) is 0 Å². The summed E-state index contributed by atoms with van der Waals surface area (Å²) in [7, 11) is -2.20. The van der Waals surface area contributed by atoms with E-state index in [0.717, 1.165) is 6.42 Å². The van der Waals surface area contributed by atoms with E-state index in [-0.39, 0.29) is 10.9 Å². The second kappa shape index (κ2) is 3.77. The van der Waals surface area contributed by atoms with Crippen LogP contribution in [0.15, 0.2) is 11.0 Å². The van der Waals surface area contributed by atoms with Gasteiger partial charge in [-0.25, -0.2) is 0 Å².